The Kier molecular flexibility index (Phi) is 4.00. The Morgan fingerprint density at radius 1 is 1.12 bits per heavy atom. The minimum Gasteiger partial charge on any atom is -0.448 e. The fourth-order valence-corrected chi connectivity index (χ4v) is 3.05. The molecule has 2 heterocycles. The first-order chi connectivity index (χ1) is 11.7. The predicted molar refractivity (Wildman–Crippen MR) is 95.5 cm³/mol. The van der Waals surface area contributed by atoms with Gasteiger partial charge in [-0.3, -0.25) is 0 Å². The van der Waals surface area contributed by atoms with Crippen LogP contribution >= 0.6 is 23.4 Å². The Labute approximate surface area is 148 Å². The van der Waals surface area contributed by atoms with Gasteiger partial charge in [-0.25, -0.2) is 0 Å². The van der Waals surface area contributed by atoms with E-state index < -0.39 is 6.23 Å². The molecule has 1 aromatic heterocycles. The molecule has 1 aliphatic rings. The number of halogens is 1. The molecular formula is C17H13ClN4OS. The third-order valence-electron chi connectivity index (χ3n) is 3.67. The molecule has 0 saturated heterocycles. The molecule has 7 heteroatoms. The summed E-state index contributed by atoms with van der Waals surface area (Å²) >= 11 is 7.55. The van der Waals surface area contributed by atoms with Crippen LogP contribution < -0.4 is 10.1 Å². The van der Waals surface area contributed by atoms with Gasteiger partial charge in [0.1, 0.15) is 0 Å². The average Bonchev–Trinajstić information content (AvgIpc) is 2.78. The minimum absolute atomic E-state index is 0.419. The molecule has 0 amide bonds. The number of fused-ring (bicyclic) bond motifs is 3. The van der Waals surface area contributed by atoms with Gasteiger partial charge in [-0.2, -0.15) is 4.98 Å². The van der Waals surface area contributed by atoms with Crippen molar-refractivity contribution < 1.29 is 4.74 Å². The van der Waals surface area contributed by atoms with Gasteiger partial charge >= 0.3 is 0 Å². The molecule has 0 unspecified atom stereocenters. The summed E-state index contributed by atoms with van der Waals surface area (Å²) < 4.78 is 6.13. The molecule has 3 aromatic rings. The van der Waals surface area contributed by atoms with Gasteiger partial charge in [-0.15, -0.1) is 10.2 Å². The van der Waals surface area contributed by atoms with E-state index >= 15 is 0 Å². The van der Waals surface area contributed by atoms with Crippen molar-refractivity contribution in [1.82, 2.24) is 15.2 Å². The zero-order valence-electron chi connectivity index (χ0n) is 12.7. The highest BCUT2D eigenvalue weighted by Crippen LogP contribution is 2.39. The second-order valence-corrected chi connectivity index (χ2v) is 6.40. The molecule has 0 saturated carbocycles. The molecule has 0 radical (unpaired) electrons. The van der Waals surface area contributed by atoms with Crippen molar-refractivity contribution in [3.63, 3.8) is 0 Å². The van der Waals surface area contributed by atoms with Crippen molar-refractivity contribution in [2.24, 2.45) is 0 Å². The number of aromatic nitrogens is 3. The maximum Gasteiger partial charge on any atom is 0.247 e. The molecule has 0 bridgehead atoms. The van der Waals surface area contributed by atoms with Gasteiger partial charge in [0.2, 0.25) is 11.0 Å². The third kappa shape index (κ3) is 2.79. The number of para-hydroxylation sites is 1. The number of hydrogen-bond acceptors (Lipinski definition) is 6. The van der Waals surface area contributed by atoms with Crippen molar-refractivity contribution in [2.45, 2.75) is 11.4 Å². The summed E-state index contributed by atoms with van der Waals surface area (Å²) in [5, 5.41) is 13.1. The van der Waals surface area contributed by atoms with Gasteiger partial charge < -0.3 is 10.1 Å². The van der Waals surface area contributed by atoms with Gasteiger partial charge in [0.25, 0.3) is 0 Å². The van der Waals surface area contributed by atoms with Crippen molar-refractivity contribution in [1.29, 1.82) is 0 Å². The van der Waals surface area contributed by atoms with E-state index in [0.717, 1.165) is 16.8 Å². The monoisotopic (exact) mass is 356 g/mol. The van der Waals surface area contributed by atoms with Crippen LogP contribution in [0.1, 0.15) is 11.8 Å². The van der Waals surface area contributed by atoms with Crippen molar-refractivity contribution >= 4 is 29.1 Å². The summed E-state index contributed by atoms with van der Waals surface area (Å²) in [6.45, 7) is 0. The Balaban J connectivity index is 1.87. The molecule has 0 aliphatic carbocycles. The number of thioether (sulfide) groups is 1. The lowest BCUT2D eigenvalue weighted by Crippen LogP contribution is -2.17. The first kappa shape index (κ1) is 15.2. The van der Waals surface area contributed by atoms with E-state index in [0.29, 0.717) is 21.8 Å². The molecule has 1 atom stereocenters. The van der Waals surface area contributed by atoms with Crippen molar-refractivity contribution in [2.75, 3.05) is 11.6 Å². The quantitative estimate of drug-likeness (QED) is 0.686. The third-order valence-corrected chi connectivity index (χ3v) is 4.44. The minimum atomic E-state index is -0.419. The predicted octanol–water partition coefficient (Wildman–Crippen LogP) is 4.42. The number of rotatable bonds is 2. The highest BCUT2D eigenvalue weighted by atomic mass is 35.5. The van der Waals surface area contributed by atoms with Crippen molar-refractivity contribution in [3.05, 3.63) is 59.1 Å². The lowest BCUT2D eigenvalue weighted by Gasteiger charge is -2.19. The molecule has 120 valence electrons. The van der Waals surface area contributed by atoms with Crippen LogP contribution in [-0.2, 0) is 0 Å². The SMILES string of the molecule is CSc1nnc2c(n1)O[C@H](c1cccc(Cl)c1)Nc1ccccc1-2. The van der Waals surface area contributed by atoms with Crippen molar-refractivity contribution in [3.8, 4) is 17.1 Å². The maximum atomic E-state index is 6.13. The van der Waals surface area contributed by atoms with Crippen LogP contribution in [0.2, 0.25) is 5.02 Å². The maximum absolute atomic E-state index is 6.13. The molecule has 1 N–H and O–H groups in total. The normalized spacial score (nSPS) is 15.5. The molecule has 0 spiro atoms. The summed E-state index contributed by atoms with van der Waals surface area (Å²) in [6.07, 6.45) is 1.48. The van der Waals surface area contributed by atoms with Gasteiger partial charge in [-0.05, 0) is 24.5 Å². The molecule has 4 rings (SSSR count). The van der Waals surface area contributed by atoms with Gasteiger partial charge in [0.15, 0.2) is 11.9 Å². The van der Waals surface area contributed by atoms with E-state index in [9.17, 15) is 0 Å². The second-order valence-electron chi connectivity index (χ2n) is 5.20. The zero-order chi connectivity index (χ0) is 16.5. The molecule has 0 fully saturated rings. The second kappa shape index (κ2) is 6.30. The molecule has 2 aromatic carbocycles. The summed E-state index contributed by atoms with van der Waals surface area (Å²) in [5.74, 6) is 0.455. The van der Waals surface area contributed by atoms with E-state index in [1.807, 2.05) is 54.8 Å². The Hall–Kier alpha value is -2.31. The number of nitrogens with zero attached hydrogens (tertiary/aromatic N) is 3. The van der Waals surface area contributed by atoms with Gasteiger partial charge in [-0.1, -0.05) is 53.7 Å². The highest BCUT2D eigenvalue weighted by molar-refractivity contribution is 7.98. The summed E-state index contributed by atoms with van der Waals surface area (Å²) in [6, 6.07) is 15.4. The number of benzene rings is 2. The largest absolute Gasteiger partial charge is 0.448 e. The number of ether oxygens (including phenoxy) is 1. The van der Waals surface area contributed by atoms with E-state index in [2.05, 4.69) is 20.5 Å². The van der Waals surface area contributed by atoms with Crippen LogP contribution in [-0.4, -0.2) is 21.4 Å². The topological polar surface area (TPSA) is 59.9 Å². The Morgan fingerprint density at radius 2 is 2.00 bits per heavy atom. The molecule has 1 aliphatic heterocycles. The fourth-order valence-electron chi connectivity index (χ4n) is 2.55. The summed E-state index contributed by atoms with van der Waals surface area (Å²) in [5.41, 5.74) is 3.36. The molecular weight excluding hydrogens is 344 g/mol. The number of anilines is 1. The van der Waals surface area contributed by atoms with E-state index in [1.165, 1.54) is 11.8 Å². The zero-order valence-corrected chi connectivity index (χ0v) is 14.3. The van der Waals surface area contributed by atoms with E-state index in [4.69, 9.17) is 16.3 Å². The molecule has 24 heavy (non-hydrogen) atoms. The van der Waals surface area contributed by atoms with E-state index in [1.54, 1.807) is 0 Å². The number of hydrogen-bond donors (Lipinski definition) is 1. The lowest BCUT2D eigenvalue weighted by molar-refractivity contribution is 0.225. The van der Waals surface area contributed by atoms with Crippen LogP contribution in [0, 0.1) is 0 Å². The summed E-state index contributed by atoms with van der Waals surface area (Å²) in [7, 11) is 0. The van der Waals surface area contributed by atoms with Gasteiger partial charge in [0, 0.05) is 21.8 Å². The van der Waals surface area contributed by atoms with Crippen LogP contribution in [0.3, 0.4) is 0 Å². The van der Waals surface area contributed by atoms with Crippen LogP contribution in [0.15, 0.2) is 53.7 Å². The van der Waals surface area contributed by atoms with Crippen LogP contribution in [0.5, 0.6) is 5.88 Å². The Morgan fingerprint density at radius 3 is 2.83 bits per heavy atom. The number of nitrogens with one attached hydrogen (secondary N) is 1. The Bertz CT molecular complexity index is 905. The fraction of sp³-hybridized carbons (Fsp3) is 0.118. The highest BCUT2D eigenvalue weighted by Gasteiger charge is 2.25. The van der Waals surface area contributed by atoms with E-state index in [-0.39, 0.29) is 0 Å². The van der Waals surface area contributed by atoms with Gasteiger partial charge in [0.05, 0.1) is 0 Å². The first-order valence-electron chi connectivity index (χ1n) is 7.31. The van der Waals surface area contributed by atoms with Crippen LogP contribution in [0.25, 0.3) is 11.3 Å². The smallest absolute Gasteiger partial charge is 0.247 e. The van der Waals surface area contributed by atoms with Crippen LogP contribution in [0.4, 0.5) is 5.69 Å². The summed E-state index contributed by atoms with van der Waals surface area (Å²) in [4.78, 5) is 4.48. The average molecular weight is 357 g/mol. The lowest BCUT2D eigenvalue weighted by atomic mass is 10.1. The first-order valence-corrected chi connectivity index (χ1v) is 8.91. The molecule has 5 nitrogen and oxygen atoms in total. The standard InChI is InChI=1S/C17H13ClN4OS/c1-24-17-20-16-14(21-22-17)12-7-2-3-8-13(12)19-15(23-16)10-5-4-6-11(18)9-10/h2-9,15,19H,1H3/t15-/m1/s1.